The van der Waals surface area contributed by atoms with Gasteiger partial charge >= 0.3 is 6.01 Å². The molecule has 0 saturated carbocycles. The van der Waals surface area contributed by atoms with Crippen LogP contribution in [0.4, 0.5) is 11.5 Å². The molecule has 1 atom stereocenters. The number of benzene rings is 1. The van der Waals surface area contributed by atoms with Crippen LogP contribution in [-0.2, 0) is 17.8 Å². The first-order valence-corrected chi connectivity index (χ1v) is 12.8. The van der Waals surface area contributed by atoms with Crippen molar-refractivity contribution in [3.63, 3.8) is 0 Å². The summed E-state index contributed by atoms with van der Waals surface area (Å²) in [6.45, 7) is 9.91. The number of para-hydroxylation sites is 1. The number of anilines is 2. The maximum atomic E-state index is 12.1. The van der Waals surface area contributed by atoms with Crippen molar-refractivity contribution in [3.8, 4) is 6.01 Å². The highest BCUT2D eigenvalue weighted by Crippen LogP contribution is 2.31. The SMILES string of the molecule is C=CC(=O)N1CCN(c2nc(OC[C@@H]3CCCN3C)nc3c2CCCN(c2ccccc2)C3)CC1. The number of nitrogens with zero attached hydrogens (tertiary/aromatic N) is 6. The number of amides is 1. The fourth-order valence-electron chi connectivity index (χ4n) is 5.40. The van der Waals surface area contributed by atoms with Crippen LogP contribution in [0.3, 0.4) is 0 Å². The maximum Gasteiger partial charge on any atom is 0.318 e. The second kappa shape index (κ2) is 10.6. The first kappa shape index (κ1) is 23.6. The number of likely N-dealkylation sites (tertiary alicyclic amines) is 1. The molecule has 4 heterocycles. The van der Waals surface area contributed by atoms with Gasteiger partial charge in [0, 0.05) is 50.0 Å². The van der Waals surface area contributed by atoms with Crippen molar-refractivity contribution in [2.45, 2.75) is 38.3 Å². The molecular formula is C27H36N6O2. The molecule has 2 aromatic rings. The predicted molar refractivity (Wildman–Crippen MR) is 138 cm³/mol. The normalized spacial score (nSPS) is 20.9. The predicted octanol–water partition coefficient (Wildman–Crippen LogP) is 2.74. The third-order valence-corrected chi connectivity index (χ3v) is 7.51. The summed E-state index contributed by atoms with van der Waals surface area (Å²) < 4.78 is 6.23. The first-order valence-electron chi connectivity index (χ1n) is 12.8. The molecule has 1 aromatic carbocycles. The third-order valence-electron chi connectivity index (χ3n) is 7.51. The molecule has 0 spiro atoms. The molecule has 8 nitrogen and oxygen atoms in total. The lowest BCUT2D eigenvalue weighted by atomic mass is 10.1. The van der Waals surface area contributed by atoms with E-state index in [1.165, 1.54) is 23.7 Å². The van der Waals surface area contributed by atoms with Crippen LogP contribution in [0.1, 0.15) is 30.5 Å². The van der Waals surface area contributed by atoms with E-state index in [0.717, 1.165) is 63.5 Å². The van der Waals surface area contributed by atoms with Crippen LogP contribution in [0.5, 0.6) is 6.01 Å². The average Bonchev–Trinajstić information content (AvgIpc) is 3.19. The van der Waals surface area contributed by atoms with Crippen LogP contribution in [-0.4, -0.2) is 84.6 Å². The Morgan fingerprint density at radius 3 is 2.57 bits per heavy atom. The standard InChI is InChI=1S/C27H36N6O2/c1-3-25(34)31-15-17-32(18-16-31)26-23-12-8-14-33(21-9-5-4-6-10-21)19-24(23)28-27(29-26)35-20-22-11-7-13-30(22)2/h3-6,9-10,22H,1,7-8,11-20H2,2H3/t22-/m0/s1. The summed E-state index contributed by atoms with van der Waals surface area (Å²) in [7, 11) is 2.16. The summed E-state index contributed by atoms with van der Waals surface area (Å²) in [5.41, 5.74) is 3.49. The second-order valence-electron chi connectivity index (χ2n) is 9.72. The molecule has 0 bridgehead atoms. The zero-order valence-corrected chi connectivity index (χ0v) is 20.7. The number of piperazine rings is 1. The second-order valence-corrected chi connectivity index (χ2v) is 9.72. The minimum Gasteiger partial charge on any atom is -0.462 e. The molecule has 3 aliphatic rings. The minimum absolute atomic E-state index is 0.00521. The van der Waals surface area contributed by atoms with E-state index in [4.69, 9.17) is 14.7 Å². The van der Waals surface area contributed by atoms with Crippen LogP contribution < -0.4 is 14.5 Å². The fourth-order valence-corrected chi connectivity index (χ4v) is 5.40. The molecule has 0 N–H and O–H groups in total. The van der Waals surface area contributed by atoms with Gasteiger partial charge in [0.2, 0.25) is 5.91 Å². The summed E-state index contributed by atoms with van der Waals surface area (Å²) in [6, 6.07) is 11.4. The molecule has 0 aliphatic carbocycles. The molecule has 2 fully saturated rings. The number of ether oxygens (including phenoxy) is 1. The average molecular weight is 477 g/mol. The lowest BCUT2D eigenvalue weighted by Gasteiger charge is -2.36. The highest BCUT2D eigenvalue weighted by Gasteiger charge is 2.28. The van der Waals surface area contributed by atoms with Gasteiger partial charge in [-0.25, -0.2) is 0 Å². The van der Waals surface area contributed by atoms with E-state index in [0.29, 0.717) is 31.7 Å². The Labute approximate surface area is 208 Å². The largest absolute Gasteiger partial charge is 0.462 e. The summed E-state index contributed by atoms with van der Waals surface area (Å²) in [5, 5.41) is 0. The smallest absolute Gasteiger partial charge is 0.318 e. The maximum absolute atomic E-state index is 12.1. The highest BCUT2D eigenvalue weighted by molar-refractivity contribution is 5.87. The van der Waals surface area contributed by atoms with Gasteiger partial charge in [0.1, 0.15) is 12.4 Å². The molecule has 8 heteroatoms. The number of carbonyl (C=O) groups excluding carboxylic acids is 1. The van der Waals surface area contributed by atoms with E-state index in [-0.39, 0.29) is 5.91 Å². The summed E-state index contributed by atoms with van der Waals surface area (Å²) in [5.74, 6) is 0.972. The lowest BCUT2D eigenvalue weighted by molar-refractivity contribution is -0.126. The number of rotatable bonds is 6. The topological polar surface area (TPSA) is 65.0 Å². The number of aromatic nitrogens is 2. The van der Waals surface area contributed by atoms with Gasteiger partial charge in [-0.2, -0.15) is 9.97 Å². The molecule has 3 aliphatic heterocycles. The van der Waals surface area contributed by atoms with E-state index in [9.17, 15) is 4.79 Å². The molecule has 1 aromatic heterocycles. The van der Waals surface area contributed by atoms with Gasteiger partial charge in [-0.15, -0.1) is 0 Å². The van der Waals surface area contributed by atoms with Crippen LogP contribution in [0, 0.1) is 0 Å². The molecular weight excluding hydrogens is 440 g/mol. The molecule has 35 heavy (non-hydrogen) atoms. The Hall–Kier alpha value is -3.13. The lowest BCUT2D eigenvalue weighted by Crippen LogP contribution is -2.49. The Bertz CT molecular complexity index is 1040. The summed E-state index contributed by atoms with van der Waals surface area (Å²) in [6.07, 6.45) is 5.73. The van der Waals surface area contributed by atoms with Crippen LogP contribution in [0.25, 0.3) is 0 Å². The quantitative estimate of drug-likeness (QED) is 0.594. The minimum atomic E-state index is -0.00521. The number of likely N-dealkylation sites (N-methyl/N-ethyl adjacent to an activating group) is 1. The first-order chi connectivity index (χ1) is 17.1. The van der Waals surface area contributed by atoms with Gasteiger partial charge < -0.3 is 24.3 Å². The monoisotopic (exact) mass is 476 g/mol. The van der Waals surface area contributed by atoms with Gasteiger partial charge in [-0.1, -0.05) is 24.8 Å². The van der Waals surface area contributed by atoms with E-state index >= 15 is 0 Å². The Kier molecular flexibility index (Phi) is 7.18. The van der Waals surface area contributed by atoms with E-state index in [1.54, 1.807) is 0 Å². The highest BCUT2D eigenvalue weighted by atomic mass is 16.5. The summed E-state index contributed by atoms with van der Waals surface area (Å²) in [4.78, 5) is 30.9. The molecule has 5 rings (SSSR count). The van der Waals surface area contributed by atoms with Gasteiger partial charge in [0.25, 0.3) is 0 Å². The fraction of sp³-hybridized carbons (Fsp3) is 0.519. The molecule has 186 valence electrons. The summed E-state index contributed by atoms with van der Waals surface area (Å²) >= 11 is 0. The molecule has 0 radical (unpaired) electrons. The van der Waals surface area contributed by atoms with Gasteiger partial charge in [0.15, 0.2) is 0 Å². The van der Waals surface area contributed by atoms with Crippen molar-refractivity contribution in [3.05, 3.63) is 54.2 Å². The van der Waals surface area contributed by atoms with Gasteiger partial charge in [0.05, 0.1) is 12.2 Å². The van der Waals surface area contributed by atoms with Crippen LogP contribution in [0.2, 0.25) is 0 Å². The number of hydrogen-bond acceptors (Lipinski definition) is 7. The van der Waals surface area contributed by atoms with Crippen molar-refractivity contribution in [1.29, 1.82) is 0 Å². The third kappa shape index (κ3) is 5.27. The van der Waals surface area contributed by atoms with Crippen molar-refractivity contribution < 1.29 is 9.53 Å². The Morgan fingerprint density at radius 1 is 1.06 bits per heavy atom. The number of fused-ring (bicyclic) bond motifs is 1. The van der Waals surface area contributed by atoms with E-state index < -0.39 is 0 Å². The van der Waals surface area contributed by atoms with E-state index in [2.05, 4.69) is 58.7 Å². The zero-order chi connectivity index (χ0) is 24.2. The number of carbonyl (C=O) groups is 1. The molecule has 2 saturated heterocycles. The van der Waals surface area contributed by atoms with Crippen LogP contribution in [0.15, 0.2) is 43.0 Å². The van der Waals surface area contributed by atoms with Crippen molar-refractivity contribution >= 4 is 17.4 Å². The Morgan fingerprint density at radius 2 is 1.86 bits per heavy atom. The molecule has 1 amide bonds. The van der Waals surface area contributed by atoms with Crippen LogP contribution >= 0.6 is 0 Å². The van der Waals surface area contributed by atoms with E-state index in [1.807, 2.05) is 4.90 Å². The zero-order valence-electron chi connectivity index (χ0n) is 20.7. The van der Waals surface area contributed by atoms with Gasteiger partial charge in [-0.3, -0.25) is 4.79 Å². The Balaban J connectivity index is 1.42. The van der Waals surface area contributed by atoms with Crippen molar-refractivity contribution in [2.24, 2.45) is 0 Å². The van der Waals surface area contributed by atoms with Gasteiger partial charge in [-0.05, 0) is 57.5 Å². The number of hydrogen-bond donors (Lipinski definition) is 0. The van der Waals surface area contributed by atoms with Crippen molar-refractivity contribution in [2.75, 3.05) is 62.7 Å². The van der Waals surface area contributed by atoms with Crippen molar-refractivity contribution in [1.82, 2.24) is 19.8 Å². The molecule has 0 unspecified atom stereocenters.